The molecule has 1 aliphatic heterocycles. The minimum Gasteiger partial charge on any atom is -0.365 e. The highest BCUT2D eigenvalue weighted by Crippen LogP contribution is 2.28. The molecule has 1 atom stereocenters. The Hall–Kier alpha value is -2.89. The highest BCUT2D eigenvalue weighted by molar-refractivity contribution is 6.09. The maximum absolute atomic E-state index is 12.7. The van der Waals surface area contributed by atoms with E-state index in [2.05, 4.69) is 16.9 Å². The summed E-state index contributed by atoms with van der Waals surface area (Å²) >= 11 is 0. The number of hydrogen-bond donors (Lipinski definition) is 2. The van der Waals surface area contributed by atoms with Crippen molar-refractivity contribution < 1.29 is 4.79 Å². The van der Waals surface area contributed by atoms with E-state index in [1.807, 2.05) is 0 Å². The smallest absolute Gasteiger partial charge is 0.263 e. The number of aromatic amines is 1. The summed E-state index contributed by atoms with van der Waals surface area (Å²) in [5.74, 6) is -0.262. The number of aromatic nitrogens is 2. The van der Waals surface area contributed by atoms with Crippen LogP contribution >= 0.6 is 0 Å². The third-order valence-electron chi connectivity index (χ3n) is 4.24. The Kier molecular flexibility index (Phi) is 2.51. The maximum atomic E-state index is 12.7. The van der Waals surface area contributed by atoms with E-state index in [-0.39, 0.29) is 16.7 Å². The molecule has 6 nitrogen and oxygen atoms in total. The van der Waals surface area contributed by atoms with Crippen LogP contribution in [0.1, 0.15) is 18.9 Å². The molecule has 3 aromatic rings. The zero-order valence-electron chi connectivity index (χ0n) is 11.7. The third kappa shape index (κ3) is 1.57. The fraction of sp³-hybridized carbons (Fsp3) is 0.188. The van der Waals surface area contributed by atoms with Crippen LogP contribution in [0.3, 0.4) is 0 Å². The molecule has 0 radical (unpaired) electrons. The van der Waals surface area contributed by atoms with E-state index in [1.165, 1.54) is 10.6 Å². The van der Waals surface area contributed by atoms with Gasteiger partial charge in [0.2, 0.25) is 5.91 Å². The number of hydrogen-bond acceptors (Lipinski definition) is 3. The topological polar surface area (TPSA) is 84.0 Å². The highest BCUT2D eigenvalue weighted by Gasteiger charge is 2.30. The second-order valence-electron chi connectivity index (χ2n) is 5.57. The van der Waals surface area contributed by atoms with Crippen LogP contribution in [0.5, 0.6) is 0 Å². The van der Waals surface area contributed by atoms with Crippen LogP contribution in [0.25, 0.3) is 21.7 Å². The van der Waals surface area contributed by atoms with Crippen molar-refractivity contribution in [1.82, 2.24) is 14.9 Å². The van der Waals surface area contributed by atoms with Gasteiger partial charge in [0.1, 0.15) is 6.04 Å². The van der Waals surface area contributed by atoms with Gasteiger partial charge in [-0.3, -0.25) is 19.0 Å². The van der Waals surface area contributed by atoms with Gasteiger partial charge in [0.15, 0.2) is 5.43 Å². The van der Waals surface area contributed by atoms with E-state index >= 15 is 0 Å². The first kappa shape index (κ1) is 12.8. The Morgan fingerprint density at radius 3 is 2.73 bits per heavy atom. The van der Waals surface area contributed by atoms with Gasteiger partial charge in [0, 0.05) is 28.9 Å². The Bertz CT molecular complexity index is 1040. The number of nitrogens with zero attached hydrogens (tertiary/aromatic N) is 1. The quantitative estimate of drug-likeness (QED) is 0.708. The summed E-state index contributed by atoms with van der Waals surface area (Å²) in [6, 6.07) is 2.45. The molecule has 0 bridgehead atoms. The number of H-pyrrole nitrogens is 1. The summed E-state index contributed by atoms with van der Waals surface area (Å²) in [5, 5.41) is 4.24. The molecule has 1 saturated heterocycles. The summed E-state index contributed by atoms with van der Waals surface area (Å²) in [6.07, 6.45) is 4.50. The lowest BCUT2D eigenvalue weighted by Gasteiger charge is -2.24. The van der Waals surface area contributed by atoms with Crippen molar-refractivity contribution in [3.8, 4) is 0 Å². The lowest BCUT2D eigenvalue weighted by Crippen LogP contribution is -2.39. The predicted octanol–water partition coefficient (Wildman–Crippen LogP) is 1.25. The predicted molar refractivity (Wildman–Crippen MR) is 83.1 cm³/mol. The van der Waals surface area contributed by atoms with Crippen LogP contribution in [0, 0.1) is 0 Å². The Balaban J connectivity index is 2.09. The van der Waals surface area contributed by atoms with Gasteiger partial charge in [-0.1, -0.05) is 6.58 Å². The lowest BCUT2D eigenvalue weighted by molar-refractivity contribution is -0.124. The normalized spacial score (nSPS) is 19.0. The zero-order chi connectivity index (χ0) is 15.4. The van der Waals surface area contributed by atoms with Gasteiger partial charge in [-0.15, -0.1) is 0 Å². The second kappa shape index (κ2) is 4.30. The first-order valence-electron chi connectivity index (χ1n) is 7.04. The zero-order valence-corrected chi connectivity index (χ0v) is 11.7. The Labute approximate surface area is 124 Å². The van der Waals surface area contributed by atoms with Gasteiger partial charge < -0.3 is 10.3 Å². The van der Waals surface area contributed by atoms with E-state index in [4.69, 9.17) is 0 Å². The molecule has 6 heteroatoms. The van der Waals surface area contributed by atoms with Crippen molar-refractivity contribution in [1.29, 1.82) is 0 Å². The highest BCUT2D eigenvalue weighted by atomic mass is 16.2. The molecular weight excluding hydrogens is 282 g/mol. The van der Waals surface area contributed by atoms with Gasteiger partial charge in [-0.25, -0.2) is 0 Å². The van der Waals surface area contributed by atoms with Crippen molar-refractivity contribution in [3.05, 3.63) is 57.4 Å². The van der Waals surface area contributed by atoms with Gasteiger partial charge in [-0.2, -0.15) is 0 Å². The number of carbonyl (C=O) groups excluding carboxylic acids is 1. The SMILES string of the molecule is C=C1CCC(n2c(=O)c3c(=O)ccc4c[nH]cc2c43)C(=O)N1. The monoisotopic (exact) mass is 295 g/mol. The largest absolute Gasteiger partial charge is 0.365 e. The molecule has 110 valence electrons. The van der Waals surface area contributed by atoms with Gasteiger partial charge in [0.05, 0.1) is 10.9 Å². The maximum Gasteiger partial charge on any atom is 0.263 e. The van der Waals surface area contributed by atoms with Crippen LogP contribution in [0.2, 0.25) is 0 Å². The van der Waals surface area contributed by atoms with Crippen LogP contribution < -0.4 is 16.3 Å². The molecule has 2 aromatic heterocycles. The molecule has 22 heavy (non-hydrogen) atoms. The van der Waals surface area contributed by atoms with E-state index in [1.54, 1.807) is 18.5 Å². The molecule has 1 unspecified atom stereocenters. The van der Waals surface area contributed by atoms with Crippen molar-refractivity contribution in [2.75, 3.05) is 0 Å². The molecule has 1 amide bonds. The standard InChI is InChI=1S/C16H13N3O3/c1-8-2-4-10(15(21)18-8)19-11-7-17-6-9-3-5-12(20)14(13(9)11)16(19)22/h3,5-7,10,17H,1-2,4H2,(H,18,21). The molecule has 4 rings (SSSR count). The van der Waals surface area contributed by atoms with Gasteiger partial charge in [-0.05, 0) is 25.0 Å². The number of carbonyl (C=O) groups is 1. The summed E-state index contributed by atoms with van der Waals surface area (Å²) < 4.78 is 1.43. The average molecular weight is 295 g/mol. The van der Waals surface area contributed by atoms with Gasteiger partial charge in [0.25, 0.3) is 5.56 Å². The molecule has 1 aromatic carbocycles. The number of amides is 1. The van der Waals surface area contributed by atoms with E-state index in [0.29, 0.717) is 29.4 Å². The summed E-state index contributed by atoms with van der Waals surface area (Å²) in [7, 11) is 0. The minimum absolute atomic E-state index is 0.152. The molecule has 1 aliphatic rings. The molecule has 0 spiro atoms. The number of piperidine rings is 1. The fourth-order valence-electron chi connectivity index (χ4n) is 3.23. The van der Waals surface area contributed by atoms with Crippen molar-refractivity contribution >= 4 is 27.6 Å². The van der Waals surface area contributed by atoms with Gasteiger partial charge >= 0.3 is 0 Å². The van der Waals surface area contributed by atoms with Crippen LogP contribution in [0.15, 0.2) is 46.4 Å². The van der Waals surface area contributed by atoms with Crippen molar-refractivity contribution in [3.63, 3.8) is 0 Å². The molecular formula is C16H13N3O3. The first-order chi connectivity index (χ1) is 10.6. The minimum atomic E-state index is -0.621. The van der Waals surface area contributed by atoms with E-state index < -0.39 is 11.6 Å². The van der Waals surface area contributed by atoms with Crippen molar-refractivity contribution in [2.45, 2.75) is 18.9 Å². The number of rotatable bonds is 1. The van der Waals surface area contributed by atoms with Crippen LogP contribution in [-0.2, 0) is 4.79 Å². The summed E-state index contributed by atoms with van der Waals surface area (Å²) in [6.45, 7) is 3.75. The first-order valence-corrected chi connectivity index (χ1v) is 7.04. The number of nitrogens with one attached hydrogen (secondary N) is 2. The second-order valence-corrected chi connectivity index (χ2v) is 5.57. The average Bonchev–Trinajstić information content (AvgIpc) is 2.78. The number of benzene rings is 1. The molecule has 0 aliphatic carbocycles. The van der Waals surface area contributed by atoms with Crippen molar-refractivity contribution in [2.24, 2.45) is 0 Å². The van der Waals surface area contributed by atoms with Crippen LogP contribution in [0.4, 0.5) is 0 Å². The summed E-state index contributed by atoms with van der Waals surface area (Å²) in [5.41, 5.74) is 0.522. The number of pyridine rings is 1. The summed E-state index contributed by atoms with van der Waals surface area (Å²) in [4.78, 5) is 40.0. The third-order valence-corrected chi connectivity index (χ3v) is 4.24. The van der Waals surface area contributed by atoms with E-state index in [0.717, 1.165) is 5.39 Å². The Morgan fingerprint density at radius 2 is 1.95 bits per heavy atom. The molecule has 0 saturated carbocycles. The fourth-order valence-corrected chi connectivity index (χ4v) is 3.23. The van der Waals surface area contributed by atoms with E-state index in [9.17, 15) is 14.4 Å². The molecule has 2 N–H and O–H groups in total. The van der Waals surface area contributed by atoms with Crippen LogP contribution in [-0.4, -0.2) is 15.5 Å². The number of allylic oxidation sites excluding steroid dienone is 1. The molecule has 3 heterocycles. The Morgan fingerprint density at radius 1 is 1.14 bits per heavy atom. The molecule has 1 fully saturated rings. The lowest BCUT2D eigenvalue weighted by atomic mass is 10.0.